The Bertz CT molecular complexity index is 1390. The minimum absolute atomic E-state index is 0.171. The molecule has 1 unspecified atom stereocenters. The second-order valence-electron chi connectivity index (χ2n) is 6.95. The molecule has 1 atom stereocenters. The van der Waals surface area contributed by atoms with Crippen LogP contribution in [0.2, 0.25) is 0 Å². The van der Waals surface area contributed by atoms with Gasteiger partial charge in [-0.2, -0.15) is 27.4 Å². The maximum Gasteiger partial charge on any atom is 0.325 e. The molecule has 12 nitrogen and oxygen atoms in total. The van der Waals surface area contributed by atoms with E-state index in [-0.39, 0.29) is 24.1 Å². The molecular formula is C21H20N4O8S2. The molecule has 2 rings (SSSR count). The average molecular weight is 521 g/mol. The smallest absolute Gasteiger partial charge is 0.325 e. The van der Waals surface area contributed by atoms with Crippen molar-refractivity contribution in [3.63, 3.8) is 0 Å². The largest absolute Gasteiger partial charge is 0.490 e. The number of hydrogen-bond donors (Lipinski definition) is 0. The normalized spacial score (nSPS) is 13.2. The van der Waals surface area contributed by atoms with Gasteiger partial charge in [0.2, 0.25) is 0 Å². The first kappa shape index (κ1) is 27.1. The highest BCUT2D eigenvalue weighted by Gasteiger charge is 2.11. The van der Waals surface area contributed by atoms with Crippen molar-refractivity contribution in [1.82, 2.24) is 0 Å². The molecule has 0 amide bonds. The van der Waals surface area contributed by atoms with Crippen molar-refractivity contribution in [3.05, 3.63) is 59.7 Å². The summed E-state index contributed by atoms with van der Waals surface area (Å²) in [5, 5.41) is 24.9. The Hall–Kier alpha value is -4.14. The predicted molar refractivity (Wildman–Crippen MR) is 125 cm³/mol. The zero-order valence-electron chi connectivity index (χ0n) is 18.8. The van der Waals surface area contributed by atoms with Gasteiger partial charge in [0.15, 0.2) is 11.4 Å². The number of rotatable bonds is 11. The number of nitrogens with zero attached hydrogens (tertiary/aromatic N) is 4. The van der Waals surface area contributed by atoms with Crippen molar-refractivity contribution in [3.8, 4) is 23.6 Å². The van der Waals surface area contributed by atoms with E-state index in [4.69, 9.17) is 20.0 Å². The molecule has 0 heterocycles. The molecule has 0 bridgehead atoms. The lowest BCUT2D eigenvalue weighted by Gasteiger charge is -2.16. The summed E-state index contributed by atoms with van der Waals surface area (Å²) in [6, 6.07) is 15.9. The van der Waals surface area contributed by atoms with Crippen LogP contribution in [0, 0.1) is 22.7 Å². The van der Waals surface area contributed by atoms with E-state index in [1.54, 1.807) is 43.3 Å². The van der Waals surface area contributed by atoms with Gasteiger partial charge in [0.25, 0.3) is 0 Å². The molecular weight excluding hydrogens is 500 g/mol. The molecule has 2 aromatic rings. The summed E-state index contributed by atoms with van der Waals surface area (Å²) in [5.74, 6) is 0.948. The van der Waals surface area contributed by atoms with Crippen LogP contribution in [0.1, 0.15) is 18.1 Å². The van der Waals surface area contributed by atoms with Gasteiger partial charge < -0.3 is 9.47 Å². The lowest BCUT2D eigenvalue weighted by Crippen LogP contribution is -2.21. The van der Waals surface area contributed by atoms with Gasteiger partial charge in [0.1, 0.15) is 36.3 Å². The van der Waals surface area contributed by atoms with Crippen LogP contribution in [0.4, 0.5) is 0 Å². The molecule has 0 spiro atoms. The first-order chi connectivity index (χ1) is 16.4. The molecule has 14 heteroatoms. The number of hydrogen-bond acceptors (Lipinski definition) is 12. The molecule has 0 aromatic heterocycles. The van der Waals surface area contributed by atoms with Crippen LogP contribution in [-0.2, 0) is 28.8 Å². The van der Waals surface area contributed by atoms with Crippen molar-refractivity contribution < 1.29 is 34.9 Å². The summed E-state index contributed by atoms with van der Waals surface area (Å²) >= 11 is 0. The molecule has 0 fully saturated rings. The van der Waals surface area contributed by atoms with Gasteiger partial charge in [-0.15, -0.1) is 0 Å². The van der Waals surface area contributed by atoms with Crippen LogP contribution < -0.4 is 9.47 Å². The second kappa shape index (κ2) is 11.8. The van der Waals surface area contributed by atoms with Crippen molar-refractivity contribution >= 4 is 31.7 Å². The third-order valence-electron chi connectivity index (χ3n) is 3.82. The SMILES string of the molecule is CC(COc1ccc(/C(C#N)=N/OS(C)(=O)=O)cc1)Oc1ccc(/C(C#N)=N/OS(C)(=O)=O)cc1. The van der Waals surface area contributed by atoms with Crippen LogP contribution in [0.15, 0.2) is 58.8 Å². The van der Waals surface area contributed by atoms with Gasteiger partial charge >= 0.3 is 20.2 Å². The first-order valence-electron chi connectivity index (χ1n) is 9.64. The molecule has 2 aromatic carbocycles. The number of ether oxygens (including phenoxy) is 2. The van der Waals surface area contributed by atoms with Crippen molar-refractivity contribution in [2.45, 2.75) is 13.0 Å². The Labute approximate surface area is 202 Å². The summed E-state index contributed by atoms with van der Waals surface area (Å²) in [7, 11) is -7.66. The second-order valence-corrected chi connectivity index (χ2v) is 10.1. The maximum atomic E-state index is 11.0. The first-order valence-corrected chi connectivity index (χ1v) is 13.3. The van der Waals surface area contributed by atoms with Gasteiger partial charge in [-0.1, -0.05) is 10.3 Å². The van der Waals surface area contributed by atoms with E-state index < -0.39 is 20.2 Å². The third kappa shape index (κ3) is 9.71. The molecule has 0 aliphatic rings. The molecule has 0 saturated carbocycles. The predicted octanol–water partition coefficient (Wildman–Crippen LogP) is 1.94. The minimum Gasteiger partial charge on any atom is -0.490 e. The number of nitriles is 2. The summed E-state index contributed by atoms with van der Waals surface area (Å²) in [5.41, 5.74) is 0.258. The molecule has 184 valence electrons. The highest BCUT2D eigenvalue weighted by Crippen LogP contribution is 2.17. The van der Waals surface area contributed by atoms with E-state index in [1.165, 1.54) is 24.3 Å². The van der Waals surface area contributed by atoms with Crippen LogP contribution in [0.25, 0.3) is 0 Å². The Morgan fingerprint density at radius 2 is 1.20 bits per heavy atom. The fraction of sp³-hybridized carbons (Fsp3) is 0.238. The Morgan fingerprint density at radius 1 is 0.800 bits per heavy atom. The van der Waals surface area contributed by atoms with Crippen LogP contribution in [0.3, 0.4) is 0 Å². The molecule has 0 aliphatic heterocycles. The van der Waals surface area contributed by atoms with E-state index in [0.717, 1.165) is 12.5 Å². The Morgan fingerprint density at radius 3 is 1.57 bits per heavy atom. The molecule has 0 aliphatic carbocycles. The summed E-state index contributed by atoms with van der Waals surface area (Å²) in [4.78, 5) is 0. The molecule has 0 N–H and O–H groups in total. The lowest BCUT2D eigenvalue weighted by molar-refractivity contribution is 0.143. The van der Waals surface area contributed by atoms with E-state index in [1.807, 2.05) is 0 Å². The summed E-state index contributed by atoms with van der Waals surface area (Å²) in [6.07, 6.45) is 1.25. The quantitative estimate of drug-likeness (QED) is 0.314. The molecule has 0 saturated heterocycles. The van der Waals surface area contributed by atoms with Crippen LogP contribution in [0.5, 0.6) is 11.5 Å². The minimum atomic E-state index is -3.83. The molecule has 35 heavy (non-hydrogen) atoms. The van der Waals surface area contributed by atoms with Gasteiger partial charge in [-0.3, -0.25) is 8.57 Å². The Balaban J connectivity index is 1.95. The fourth-order valence-electron chi connectivity index (χ4n) is 2.37. The monoisotopic (exact) mass is 520 g/mol. The van der Waals surface area contributed by atoms with E-state index in [0.29, 0.717) is 22.6 Å². The number of benzene rings is 2. The molecule has 0 radical (unpaired) electrons. The van der Waals surface area contributed by atoms with Crippen LogP contribution >= 0.6 is 0 Å². The fourth-order valence-corrected chi connectivity index (χ4v) is 2.79. The summed E-state index contributed by atoms with van der Waals surface area (Å²) in [6.45, 7) is 1.94. The van der Waals surface area contributed by atoms with Crippen LogP contribution in [-0.4, -0.2) is 53.5 Å². The highest BCUT2D eigenvalue weighted by molar-refractivity contribution is 7.86. The van der Waals surface area contributed by atoms with Crippen molar-refractivity contribution in [2.24, 2.45) is 10.3 Å². The highest BCUT2D eigenvalue weighted by atomic mass is 32.2. The third-order valence-corrected chi connectivity index (χ3v) is 4.51. The summed E-state index contributed by atoms with van der Waals surface area (Å²) < 4.78 is 64.1. The zero-order valence-corrected chi connectivity index (χ0v) is 20.4. The van der Waals surface area contributed by atoms with E-state index in [9.17, 15) is 16.8 Å². The lowest BCUT2D eigenvalue weighted by atomic mass is 10.1. The maximum absolute atomic E-state index is 11.0. The Kier molecular flexibility index (Phi) is 9.16. The van der Waals surface area contributed by atoms with Gasteiger partial charge in [-0.05, 0) is 55.5 Å². The number of oxime groups is 2. The topological polar surface area (TPSA) is 177 Å². The van der Waals surface area contributed by atoms with Crippen molar-refractivity contribution in [1.29, 1.82) is 10.5 Å². The van der Waals surface area contributed by atoms with Gasteiger partial charge in [-0.25, -0.2) is 0 Å². The van der Waals surface area contributed by atoms with Gasteiger partial charge in [0.05, 0.1) is 12.5 Å². The van der Waals surface area contributed by atoms with E-state index >= 15 is 0 Å². The van der Waals surface area contributed by atoms with Crippen molar-refractivity contribution in [2.75, 3.05) is 19.1 Å². The van der Waals surface area contributed by atoms with E-state index in [2.05, 4.69) is 18.9 Å². The zero-order chi connectivity index (χ0) is 26.1. The standard InChI is InChI=1S/C21H20N4O8S2/c1-15(31-19-10-6-17(7-11-19)21(13-23)25-33-35(3,28)29)14-30-18-8-4-16(5-9-18)20(12-22)24-32-34(2,26)27/h4-11,15H,14H2,1-3H3/b24-20+,25-21+. The average Bonchev–Trinajstić information content (AvgIpc) is 2.79. The van der Waals surface area contributed by atoms with Gasteiger partial charge in [0, 0.05) is 11.1 Å².